The SMILES string of the molecule is CC(C)(C)C1CS(=O)(=O)CCN1C(=O)c1nnn(C(C)(C)C)n1. The molecule has 0 spiro atoms. The Morgan fingerprint density at radius 1 is 1.17 bits per heavy atom. The normalized spacial score (nSPS) is 22.2. The van der Waals surface area contributed by atoms with Gasteiger partial charge in [0.15, 0.2) is 9.84 Å². The molecule has 0 saturated carbocycles. The predicted octanol–water partition coefficient (Wildman–Crippen LogP) is 0.713. The maximum Gasteiger partial charge on any atom is 0.295 e. The molecule has 23 heavy (non-hydrogen) atoms. The van der Waals surface area contributed by atoms with Crippen molar-refractivity contribution >= 4 is 15.7 Å². The van der Waals surface area contributed by atoms with Crippen molar-refractivity contribution in [1.82, 2.24) is 25.1 Å². The molecule has 0 aliphatic carbocycles. The minimum atomic E-state index is -3.14. The average molecular weight is 343 g/mol. The minimum Gasteiger partial charge on any atom is -0.330 e. The van der Waals surface area contributed by atoms with Crippen LogP contribution < -0.4 is 0 Å². The highest BCUT2D eigenvalue weighted by Gasteiger charge is 2.42. The second-order valence-electron chi connectivity index (χ2n) is 8.07. The van der Waals surface area contributed by atoms with Gasteiger partial charge in [0.1, 0.15) is 0 Å². The van der Waals surface area contributed by atoms with Gasteiger partial charge in [0, 0.05) is 6.54 Å². The topological polar surface area (TPSA) is 98.0 Å². The van der Waals surface area contributed by atoms with Crippen molar-refractivity contribution in [3.63, 3.8) is 0 Å². The summed E-state index contributed by atoms with van der Waals surface area (Å²) in [6, 6.07) is -0.407. The lowest BCUT2D eigenvalue weighted by Gasteiger charge is -2.42. The lowest BCUT2D eigenvalue weighted by atomic mass is 9.86. The number of hydrogen-bond donors (Lipinski definition) is 0. The summed E-state index contributed by atoms with van der Waals surface area (Å²) < 4.78 is 23.9. The first-order valence-electron chi connectivity index (χ1n) is 7.63. The van der Waals surface area contributed by atoms with Gasteiger partial charge in [-0.1, -0.05) is 20.8 Å². The third-order valence-electron chi connectivity index (χ3n) is 3.90. The fourth-order valence-electron chi connectivity index (χ4n) is 2.48. The van der Waals surface area contributed by atoms with Crippen LogP contribution in [0.2, 0.25) is 0 Å². The van der Waals surface area contributed by atoms with Crippen molar-refractivity contribution in [3.8, 4) is 0 Å². The lowest BCUT2D eigenvalue weighted by molar-refractivity contribution is 0.0548. The van der Waals surface area contributed by atoms with Crippen molar-refractivity contribution in [2.24, 2.45) is 5.41 Å². The molecule has 8 nitrogen and oxygen atoms in total. The molecule has 0 radical (unpaired) electrons. The Hall–Kier alpha value is -1.51. The maximum absolute atomic E-state index is 12.8. The van der Waals surface area contributed by atoms with E-state index in [-0.39, 0.29) is 40.7 Å². The van der Waals surface area contributed by atoms with Crippen LogP contribution in [0.5, 0.6) is 0 Å². The molecule has 1 aromatic rings. The van der Waals surface area contributed by atoms with E-state index in [2.05, 4.69) is 15.4 Å². The highest BCUT2D eigenvalue weighted by molar-refractivity contribution is 7.91. The Morgan fingerprint density at radius 3 is 2.26 bits per heavy atom. The molecule has 0 aromatic carbocycles. The molecule has 1 aliphatic heterocycles. The summed E-state index contributed by atoms with van der Waals surface area (Å²) in [5.74, 6) is -0.419. The van der Waals surface area contributed by atoms with Gasteiger partial charge in [0.2, 0.25) is 0 Å². The highest BCUT2D eigenvalue weighted by Crippen LogP contribution is 2.29. The first kappa shape index (κ1) is 17.8. The molecule has 1 fully saturated rings. The third kappa shape index (κ3) is 3.88. The molecule has 1 unspecified atom stereocenters. The van der Waals surface area contributed by atoms with Crippen LogP contribution >= 0.6 is 0 Å². The number of amides is 1. The molecule has 1 saturated heterocycles. The largest absolute Gasteiger partial charge is 0.330 e. The van der Waals surface area contributed by atoms with E-state index < -0.39 is 15.9 Å². The summed E-state index contributed by atoms with van der Waals surface area (Å²) in [4.78, 5) is 15.7. The van der Waals surface area contributed by atoms with Crippen molar-refractivity contribution in [2.45, 2.75) is 53.1 Å². The van der Waals surface area contributed by atoms with Crippen LogP contribution in [0.3, 0.4) is 0 Å². The van der Waals surface area contributed by atoms with Gasteiger partial charge in [-0.2, -0.15) is 4.80 Å². The number of tetrazole rings is 1. The lowest BCUT2D eigenvalue weighted by Crippen LogP contribution is -2.56. The molecule has 0 bridgehead atoms. The first-order valence-corrected chi connectivity index (χ1v) is 9.45. The van der Waals surface area contributed by atoms with E-state index in [1.54, 1.807) is 4.90 Å². The van der Waals surface area contributed by atoms with E-state index in [1.165, 1.54) is 4.80 Å². The van der Waals surface area contributed by atoms with E-state index >= 15 is 0 Å². The zero-order valence-electron chi connectivity index (χ0n) is 14.6. The van der Waals surface area contributed by atoms with Gasteiger partial charge < -0.3 is 4.90 Å². The van der Waals surface area contributed by atoms with Gasteiger partial charge in [0.25, 0.3) is 11.7 Å². The Morgan fingerprint density at radius 2 is 1.78 bits per heavy atom. The maximum atomic E-state index is 12.8. The van der Waals surface area contributed by atoms with E-state index in [4.69, 9.17) is 0 Å². The number of carbonyl (C=O) groups excluding carboxylic acids is 1. The number of hydrogen-bond acceptors (Lipinski definition) is 6. The van der Waals surface area contributed by atoms with Gasteiger partial charge in [-0.25, -0.2) is 8.42 Å². The first-order chi connectivity index (χ1) is 10.3. The monoisotopic (exact) mass is 343 g/mol. The Bertz CT molecular complexity index is 697. The Labute approximate surface area is 137 Å². The van der Waals surface area contributed by atoms with Crippen molar-refractivity contribution in [1.29, 1.82) is 0 Å². The van der Waals surface area contributed by atoms with Crippen molar-refractivity contribution < 1.29 is 13.2 Å². The second kappa shape index (κ2) is 5.54. The van der Waals surface area contributed by atoms with Gasteiger partial charge >= 0.3 is 0 Å². The minimum absolute atomic E-state index is 0.00785. The van der Waals surface area contributed by atoms with Gasteiger partial charge in [-0.05, 0) is 31.4 Å². The molecule has 9 heteroatoms. The van der Waals surface area contributed by atoms with Crippen LogP contribution in [0.25, 0.3) is 0 Å². The summed E-state index contributed by atoms with van der Waals surface area (Å²) in [6.45, 7) is 11.7. The zero-order chi connectivity index (χ0) is 17.6. The molecule has 130 valence electrons. The smallest absolute Gasteiger partial charge is 0.295 e. The zero-order valence-corrected chi connectivity index (χ0v) is 15.4. The van der Waals surface area contributed by atoms with Crippen molar-refractivity contribution in [2.75, 3.05) is 18.1 Å². The summed E-state index contributed by atoms with van der Waals surface area (Å²) in [5.41, 5.74) is -0.733. The molecule has 1 aromatic heterocycles. The van der Waals surface area contributed by atoms with Gasteiger partial charge in [-0.3, -0.25) is 4.79 Å². The average Bonchev–Trinajstić information content (AvgIpc) is 2.85. The summed E-state index contributed by atoms with van der Waals surface area (Å²) in [6.07, 6.45) is 0. The number of aromatic nitrogens is 4. The quantitative estimate of drug-likeness (QED) is 0.745. The fourth-order valence-corrected chi connectivity index (χ4v) is 4.28. The van der Waals surface area contributed by atoms with E-state index in [1.807, 2.05) is 41.5 Å². The van der Waals surface area contributed by atoms with Gasteiger partial charge in [-0.15, -0.1) is 10.2 Å². The molecule has 1 aliphatic rings. The molecule has 2 rings (SSSR count). The van der Waals surface area contributed by atoms with E-state index in [0.717, 1.165) is 0 Å². The molecular weight excluding hydrogens is 318 g/mol. The molecule has 0 N–H and O–H groups in total. The van der Waals surface area contributed by atoms with E-state index in [9.17, 15) is 13.2 Å². The standard InChI is InChI=1S/C14H25N5O3S/c1-13(2,3)10-9-23(21,22)8-7-18(10)12(20)11-15-17-19(16-11)14(4,5)6/h10H,7-9H2,1-6H3. The second-order valence-corrected chi connectivity index (χ2v) is 10.3. The Kier molecular flexibility index (Phi) is 4.29. The molecular formula is C14H25N5O3S. The van der Waals surface area contributed by atoms with Crippen LogP contribution in [0.1, 0.15) is 52.2 Å². The van der Waals surface area contributed by atoms with Crippen LogP contribution in [-0.2, 0) is 15.4 Å². The van der Waals surface area contributed by atoms with Crippen LogP contribution in [0, 0.1) is 5.41 Å². The van der Waals surface area contributed by atoms with Crippen LogP contribution in [0.15, 0.2) is 0 Å². The third-order valence-corrected chi connectivity index (χ3v) is 5.52. The number of rotatable bonds is 1. The highest BCUT2D eigenvalue weighted by atomic mass is 32.2. The molecule has 1 atom stereocenters. The summed E-state index contributed by atoms with van der Waals surface area (Å²) >= 11 is 0. The van der Waals surface area contributed by atoms with Gasteiger partial charge in [0.05, 0.1) is 23.1 Å². The Balaban J connectivity index is 2.31. The number of nitrogens with zero attached hydrogens (tertiary/aromatic N) is 5. The number of sulfone groups is 1. The van der Waals surface area contributed by atoms with Crippen LogP contribution in [0.4, 0.5) is 0 Å². The van der Waals surface area contributed by atoms with Crippen LogP contribution in [-0.4, -0.2) is 63.5 Å². The summed E-state index contributed by atoms with van der Waals surface area (Å²) in [5, 5.41) is 11.9. The number of carbonyl (C=O) groups is 1. The molecule has 2 heterocycles. The van der Waals surface area contributed by atoms with Crippen molar-refractivity contribution in [3.05, 3.63) is 5.82 Å². The summed E-state index contributed by atoms with van der Waals surface area (Å²) in [7, 11) is -3.14. The predicted molar refractivity (Wildman–Crippen MR) is 85.7 cm³/mol. The molecule has 1 amide bonds. The fraction of sp³-hybridized carbons (Fsp3) is 0.857. The van der Waals surface area contributed by atoms with E-state index in [0.29, 0.717) is 0 Å².